The summed E-state index contributed by atoms with van der Waals surface area (Å²) in [4.78, 5) is 14.0. The fourth-order valence-electron chi connectivity index (χ4n) is 2.86. The topological polar surface area (TPSA) is 87.2 Å². The Morgan fingerprint density at radius 1 is 1.32 bits per heavy atom. The van der Waals surface area contributed by atoms with Crippen LogP contribution < -0.4 is 5.73 Å². The second kappa shape index (κ2) is 9.56. The summed E-state index contributed by atoms with van der Waals surface area (Å²) in [6, 6.07) is 6.82. The van der Waals surface area contributed by atoms with Crippen molar-refractivity contribution in [2.75, 3.05) is 18.1 Å². The molecule has 1 heterocycles. The average Bonchev–Trinajstić information content (AvgIpc) is 2.63. The van der Waals surface area contributed by atoms with Gasteiger partial charge in [-0.05, 0) is 36.5 Å². The molecule has 0 bridgehead atoms. The molecular weight excluding hydrogens is 415 g/mol. The van der Waals surface area contributed by atoms with E-state index in [0.717, 1.165) is 0 Å². The molecule has 3 N–H and O–H groups in total. The van der Waals surface area contributed by atoms with Crippen molar-refractivity contribution in [1.29, 1.82) is 5.41 Å². The number of benzene rings is 1. The molecule has 0 spiro atoms. The van der Waals surface area contributed by atoms with Gasteiger partial charge in [-0.3, -0.25) is 14.4 Å². The summed E-state index contributed by atoms with van der Waals surface area (Å²) in [5, 5.41) is 8.19. The number of hydrogen-bond acceptors (Lipinski definition) is 4. The summed E-state index contributed by atoms with van der Waals surface area (Å²) in [5.74, 6) is 0.244. The molecule has 5 nitrogen and oxygen atoms in total. The minimum atomic E-state index is -4.81. The molecule has 0 saturated carbocycles. The molecular formula is C18H21ClF3N3O2S. The minimum Gasteiger partial charge on any atom is -0.395 e. The smallest absolute Gasteiger partial charge is 0.395 e. The van der Waals surface area contributed by atoms with Crippen molar-refractivity contribution in [3.8, 4) is 0 Å². The van der Waals surface area contributed by atoms with Crippen LogP contribution in [0.2, 0.25) is 5.02 Å². The van der Waals surface area contributed by atoms with Crippen LogP contribution in [0.1, 0.15) is 18.4 Å². The largest absolute Gasteiger partial charge is 0.430 e. The van der Waals surface area contributed by atoms with Gasteiger partial charge in [-0.15, -0.1) is 0 Å². The lowest BCUT2D eigenvalue weighted by Crippen LogP contribution is -2.40. The normalized spacial score (nSPS) is 20.6. The number of carbonyl (C=O) groups is 1. The minimum absolute atomic E-state index is 0.0558. The van der Waals surface area contributed by atoms with Gasteiger partial charge in [0.1, 0.15) is 11.4 Å². The van der Waals surface area contributed by atoms with Crippen molar-refractivity contribution >= 4 is 34.0 Å². The molecule has 1 aliphatic rings. The maximum Gasteiger partial charge on any atom is 0.430 e. The Morgan fingerprint density at radius 2 is 1.93 bits per heavy atom. The predicted octanol–water partition coefficient (Wildman–Crippen LogP) is 3.25. The van der Waals surface area contributed by atoms with Gasteiger partial charge < -0.3 is 10.6 Å². The van der Waals surface area contributed by atoms with Crippen molar-refractivity contribution in [3.05, 3.63) is 46.6 Å². The Kier molecular flexibility index (Phi) is 7.65. The average molecular weight is 436 g/mol. The van der Waals surface area contributed by atoms with Gasteiger partial charge in [-0.2, -0.15) is 13.2 Å². The summed E-state index contributed by atoms with van der Waals surface area (Å²) >= 11 is 6.15. The molecule has 1 aromatic carbocycles. The molecule has 0 unspecified atom stereocenters. The molecule has 1 saturated heterocycles. The van der Waals surface area contributed by atoms with Crippen LogP contribution in [-0.2, 0) is 22.1 Å². The molecule has 2 rings (SSSR count). The van der Waals surface area contributed by atoms with E-state index in [1.807, 2.05) is 0 Å². The monoisotopic (exact) mass is 435 g/mol. The molecule has 0 aliphatic carbocycles. The molecule has 0 atom stereocenters. The molecule has 0 aromatic heterocycles. The van der Waals surface area contributed by atoms with Gasteiger partial charge in [0.2, 0.25) is 0 Å². The third kappa shape index (κ3) is 6.34. The van der Waals surface area contributed by atoms with Crippen LogP contribution in [0.4, 0.5) is 13.2 Å². The molecule has 1 amide bonds. The second-order valence-electron chi connectivity index (χ2n) is 6.58. The van der Waals surface area contributed by atoms with Crippen LogP contribution in [-0.4, -0.2) is 45.0 Å². The van der Waals surface area contributed by atoms with Gasteiger partial charge in [-0.25, -0.2) is 0 Å². The van der Waals surface area contributed by atoms with E-state index in [2.05, 4.69) is 0 Å². The van der Waals surface area contributed by atoms with E-state index in [0.29, 0.717) is 41.0 Å². The third-order valence-corrected chi connectivity index (χ3v) is 6.20. The van der Waals surface area contributed by atoms with Gasteiger partial charge in [0.15, 0.2) is 0 Å². The number of allylic oxidation sites excluding steroid dienone is 1. The number of alkyl halides is 3. The maximum absolute atomic E-state index is 12.7. The van der Waals surface area contributed by atoms with E-state index in [-0.39, 0.29) is 19.0 Å². The lowest BCUT2D eigenvalue weighted by molar-refractivity contribution is -0.125. The highest BCUT2D eigenvalue weighted by Crippen LogP contribution is 2.23. The molecule has 28 heavy (non-hydrogen) atoms. The standard InChI is InChI=1S/C18H21ClF3N3O2S/c19-14-4-2-1-3-13(14)11-25(10-12-5-7-28(27)8-6-12)17(26)15(23)9-16(24)18(20,21)22/h1-4,9,12,23H,5-8,10-11,24H2. The lowest BCUT2D eigenvalue weighted by Gasteiger charge is -2.30. The fourth-order valence-corrected chi connectivity index (χ4v) is 4.45. The van der Waals surface area contributed by atoms with Crippen LogP contribution in [0.25, 0.3) is 0 Å². The zero-order chi connectivity index (χ0) is 20.9. The van der Waals surface area contributed by atoms with Crippen molar-refractivity contribution in [2.45, 2.75) is 25.6 Å². The van der Waals surface area contributed by atoms with E-state index >= 15 is 0 Å². The van der Waals surface area contributed by atoms with Crippen molar-refractivity contribution < 1.29 is 22.2 Å². The van der Waals surface area contributed by atoms with E-state index in [9.17, 15) is 22.2 Å². The summed E-state index contributed by atoms with van der Waals surface area (Å²) in [6.07, 6.45) is -3.19. The molecule has 1 fully saturated rings. The number of nitrogens with one attached hydrogen (secondary N) is 1. The van der Waals surface area contributed by atoms with Gasteiger partial charge >= 0.3 is 6.18 Å². The number of nitrogens with two attached hydrogens (primary N) is 1. The van der Waals surface area contributed by atoms with Crippen molar-refractivity contribution in [1.82, 2.24) is 4.90 Å². The lowest BCUT2D eigenvalue weighted by atomic mass is 10.0. The van der Waals surface area contributed by atoms with Crippen molar-refractivity contribution in [3.63, 3.8) is 0 Å². The van der Waals surface area contributed by atoms with E-state index in [4.69, 9.17) is 22.7 Å². The van der Waals surface area contributed by atoms with Gasteiger partial charge in [0.05, 0.1) is 0 Å². The number of nitrogens with zero attached hydrogens (tertiary/aromatic N) is 1. The maximum atomic E-state index is 12.7. The van der Waals surface area contributed by atoms with Crippen LogP contribution >= 0.6 is 11.6 Å². The highest BCUT2D eigenvalue weighted by Gasteiger charge is 2.33. The van der Waals surface area contributed by atoms with Crippen molar-refractivity contribution in [2.24, 2.45) is 11.7 Å². The first-order valence-corrected chi connectivity index (χ1v) is 10.4. The Bertz CT molecular complexity index is 789. The number of hydrogen-bond donors (Lipinski definition) is 2. The highest BCUT2D eigenvalue weighted by molar-refractivity contribution is 7.85. The first-order valence-electron chi connectivity index (χ1n) is 8.58. The first-order chi connectivity index (χ1) is 13.1. The summed E-state index contributed by atoms with van der Waals surface area (Å²) in [7, 11) is -0.872. The van der Waals surface area contributed by atoms with E-state index in [1.165, 1.54) is 4.90 Å². The summed E-state index contributed by atoms with van der Waals surface area (Å²) in [6.45, 7) is 0.295. The number of halogens is 4. The summed E-state index contributed by atoms with van der Waals surface area (Å²) in [5.41, 5.74) is 3.21. The molecule has 154 valence electrons. The second-order valence-corrected chi connectivity index (χ2v) is 8.68. The Morgan fingerprint density at radius 3 is 2.50 bits per heavy atom. The zero-order valence-corrected chi connectivity index (χ0v) is 16.5. The Labute approximate surface area is 168 Å². The van der Waals surface area contributed by atoms with Crippen LogP contribution in [0.5, 0.6) is 0 Å². The number of rotatable bonds is 6. The Hall–Kier alpha value is -1.87. The van der Waals surface area contributed by atoms with Crippen LogP contribution in [0.3, 0.4) is 0 Å². The Balaban J connectivity index is 2.21. The molecule has 1 aromatic rings. The van der Waals surface area contributed by atoms with Gasteiger partial charge in [-0.1, -0.05) is 29.8 Å². The SMILES string of the molecule is N=C(C=C(N)C(F)(F)F)C(=O)N(Cc1ccccc1Cl)CC1CCS(=O)CC1. The predicted molar refractivity (Wildman–Crippen MR) is 104 cm³/mol. The fraction of sp³-hybridized carbons (Fsp3) is 0.444. The molecule has 0 radical (unpaired) electrons. The van der Waals surface area contributed by atoms with Crippen LogP contribution in [0, 0.1) is 11.3 Å². The van der Waals surface area contributed by atoms with Crippen LogP contribution in [0.15, 0.2) is 36.0 Å². The molecule has 10 heteroatoms. The van der Waals surface area contributed by atoms with Gasteiger partial charge in [0.25, 0.3) is 5.91 Å². The third-order valence-electron chi connectivity index (χ3n) is 4.45. The number of amides is 1. The van der Waals surface area contributed by atoms with Gasteiger partial charge in [0, 0.05) is 40.4 Å². The summed E-state index contributed by atoms with van der Waals surface area (Å²) < 4.78 is 49.4. The zero-order valence-electron chi connectivity index (χ0n) is 15.0. The van der Waals surface area contributed by atoms with E-state index in [1.54, 1.807) is 24.3 Å². The number of carbonyl (C=O) groups excluding carboxylic acids is 1. The first kappa shape index (κ1) is 22.4. The van der Waals surface area contributed by atoms with E-state index < -0.39 is 34.3 Å². The molecule has 1 aliphatic heterocycles. The quantitative estimate of drug-likeness (QED) is 0.672. The highest BCUT2D eigenvalue weighted by atomic mass is 35.5.